The molecular weight excluding hydrogens is 376 g/mol. The first-order chi connectivity index (χ1) is 14.2. The molecule has 30 heavy (non-hydrogen) atoms. The van der Waals surface area contributed by atoms with Crippen LogP contribution in [0.25, 0.3) is 0 Å². The molecule has 2 aromatic carbocycles. The van der Waals surface area contributed by atoms with Gasteiger partial charge in [0.05, 0.1) is 0 Å². The van der Waals surface area contributed by atoms with Crippen molar-refractivity contribution in [3.63, 3.8) is 0 Å². The number of ether oxygens (including phenoxy) is 1. The molecule has 0 aliphatic rings. The molecule has 0 saturated heterocycles. The second kappa shape index (κ2) is 10.8. The third kappa shape index (κ3) is 6.61. The predicted octanol–water partition coefficient (Wildman–Crippen LogP) is 4.32. The minimum Gasteiger partial charge on any atom is -0.484 e. The second-order valence-corrected chi connectivity index (χ2v) is 8.04. The van der Waals surface area contributed by atoms with Crippen molar-refractivity contribution in [2.75, 3.05) is 6.61 Å². The normalized spacial score (nSPS) is 12.7. The maximum atomic E-state index is 13.1. The van der Waals surface area contributed by atoms with Gasteiger partial charge >= 0.3 is 0 Å². The highest BCUT2D eigenvalue weighted by Crippen LogP contribution is 2.17. The first-order valence-electron chi connectivity index (χ1n) is 10.6. The van der Waals surface area contributed by atoms with Gasteiger partial charge in [0.2, 0.25) is 5.91 Å². The van der Waals surface area contributed by atoms with Crippen molar-refractivity contribution in [3.05, 3.63) is 64.7 Å². The Morgan fingerprint density at radius 3 is 2.27 bits per heavy atom. The smallest absolute Gasteiger partial charge is 0.261 e. The number of hydrogen-bond donors (Lipinski definition) is 1. The summed E-state index contributed by atoms with van der Waals surface area (Å²) in [6.45, 7) is 12.0. The standard InChI is InChI=1S/C25H34N2O3/c1-7-20(5)26-25(29)21(6)27(15-22-11-8-17(2)9-12-22)24(28)16-30-23-13-10-18(3)19(4)14-23/h8-14,20-21H,7,15-16H2,1-6H3,(H,26,29). The van der Waals surface area contributed by atoms with Crippen molar-refractivity contribution in [3.8, 4) is 5.75 Å². The molecular formula is C25H34N2O3. The zero-order valence-corrected chi connectivity index (χ0v) is 19.0. The fourth-order valence-electron chi connectivity index (χ4n) is 2.97. The molecule has 2 rings (SSSR count). The zero-order chi connectivity index (χ0) is 22.3. The van der Waals surface area contributed by atoms with E-state index in [0.29, 0.717) is 12.3 Å². The second-order valence-electron chi connectivity index (χ2n) is 8.04. The molecule has 0 fully saturated rings. The van der Waals surface area contributed by atoms with Gasteiger partial charge in [-0.2, -0.15) is 0 Å². The van der Waals surface area contributed by atoms with Crippen LogP contribution < -0.4 is 10.1 Å². The largest absolute Gasteiger partial charge is 0.484 e. The molecule has 2 aromatic rings. The van der Waals surface area contributed by atoms with E-state index in [0.717, 1.165) is 23.1 Å². The molecule has 1 N–H and O–H groups in total. The summed E-state index contributed by atoms with van der Waals surface area (Å²) in [4.78, 5) is 27.4. The van der Waals surface area contributed by atoms with Gasteiger partial charge in [-0.25, -0.2) is 0 Å². The lowest BCUT2D eigenvalue weighted by Gasteiger charge is -2.29. The van der Waals surface area contributed by atoms with Crippen molar-refractivity contribution in [2.45, 2.75) is 66.6 Å². The number of carbonyl (C=O) groups excluding carboxylic acids is 2. The Kier molecular flexibility index (Phi) is 8.46. The van der Waals surface area contributed by atoms with Crippen molar-refractivity contribution >= 4 is 11.8 Å². The van der Waals surface area contributed by atoms with Crippen LogP contribution in [0.15, 0.2) is 42.5 Å². The van der Waals surface area contributed by atoms with Gasteiger partial charge in [0, 0.05) is 12.6 Å². The van der Waals surface area contributed by atoms with Crippen LogP contribution in [0.3, 0.4) is 0 Å². The van der Waals surface area contributed by atoms with E-state index in [1.54, 1.807) is 11.8 Å². The molecule has 5 nitrogen and oxygen atoms in total. The molecule has 0 bridgehead atoms. The first-order valence-corrected chi connectivity index (χ1v) is 10.6. The summed E-state index contributed by atoms with van der Waals surface area (Å²) >= 11 is 0. The maximum Gasteiger partial charge on any atom is 0.261 e. The first kappa shape index (κ1) is 23.5. The SMILES string of the molecule is CCC(C)NC(=O)C(C)N(Cc1ccc(C)cc1)C(=O)COc1ccc(C)c(C)c1. The van der Waals surface area contributed by atoms with E-state index in [2.05, 4.69) is 5.32 Å². The summed E-state index contributed by atoms with van der Waals surface area (Å²) < 4.78 is 5.75. The number of rotatable bonds is 9. The van der Waals surface area contributed by atoms with E-state index in [9.17, 15) is 9.59 Å². The quantitative estimate of drug-likeness (QED) is 0.670. The third-order valence-corrected chi connectivity index (χ3v) is 5.48. The van der Waals surface area contributed by atoms with E-state index in [4.69, 9.17) is 4.74 Å². The molecule has 0 heterocycles. The minimum atomic E-state index is -0.601. The topological polar surface area (TPSA) is 58.6 Å². The lowest BCUT2D eigenvalue weighted by Crippen LogP contribution is -2.50. The van der Waals surface area contributed by atoms with Gasteiger partial charge in [0.25, 0.3) is 5.91 Å². The van der Waals surface area contributed by atoms with Gasteiger partial charge in [-0.1, -0.05) is 42.8 Å². The van der Waals surface area contributed by atoms with E-state index < -0.39 is 6.04 Å². The van der Waals surface area contributed by atoms with Gasteiger partial charge in [-0.05, 0) is 69.9 Å². The molecule has 0 aliphatic heterocycles. The highest BCUT2D eigenvalue weighted by molar-refractivity contribution is 5.88. The zero-order valence-electron chi connectivity index (χ0n) is 19.0. The summed E-state index contributed by atoms with van der Waals surface area (Å²) in [6, 6.07) is 13.2. The molecule has 0 aliphatic carbocycles. The van der Waals surface area contributed by atoms with E-state index in [-0.39, 0.29) is 24.5 Å². The summed E-state index contributed by atoms with van der Waals surface area (Å²) in [5.41, 5.74) is 4.41. The summed E-state index contributed by atoms with van der Waals surface area (Å²) in [5.74, 6) is 0.273. The molecule has 0 spiro atoms. The van der Waals surface area contributed by atoms with Crippen LogP contribution >= 0.6 is 0 Å². The van der Waals surface area contributed by atoms with Gasteiger partial charge in [0.15, 0.2) is 6.61 Å². The molecule has 0 radical (unpaired) electrons. The minimum absolute atomic E-state index is 0.0584. The highest BCUT2D eigenvalue weighted by atomic mass is 16.5. The van der Waals surface area contributed by atoms with Crippen LogP contribution in [0.2, 0.25) is 0 Å². The number of carbonyl (C=O) groups is 2. The predicted molar refractivity (Wildman–Crippen MR) is 120 cm³/mol. The number of nitrogens with zero attached hydrogens (tertiary/aromatic N) is 1. The van der Waals surface area contributed by atoms with Crippen molar-refractivity contribution < 1.29 is 14.3 Å². The number of nitrogens with one attached hydrogen (secondary N) is 1. The third-order valence-electron chi connectivity index (χ3n) is 5.48. The molecule has 162 valence electrons. The average molecular weight is 411 g/mol. The maximum absolute atomic E-state index is 13.1. The van der Waals surface area contributed by atoms with Crippen LogP contribution in [0, 0.1) is 20.8 Å². The highest BCUT2D eigenvalue weighted by Gasteiger charge is 2.27. The van der Waals surface area contributed by atoms with Gasteiger partial charge in [0.1, 0.15) is 11.8 Å². The number of hydrogen-bond acceptors (Lipinski definition) is 3. The van der Waals surface area contributed by atoms with Crippen LogP contribution in [-0.4, -0.2) is 35.4 Å². The lowest BCUT2D eigenvalue weighted by atomic mass is 10.1. The van der Waals surface area contributed by atoms with E-state index >= 15 is 0 Å². The van der Waals surface area contributed by atoms with E-state index in [1.807, 2.05) is 77.1 Å². The van der Waals surface area contributed by atoms with Crippen molar-refractivity contribution in [1.29, 1.82) is 0 Å². The molecule has 2 unspecified atom stereocenters. The van der Waals surface area contributed by atoms with Gasteiger partial charge in [-0.3, -0.25) is 9.59 Å². The van der Waals surface area contributed by atoms with E-state index in [1.165, 1.54) is 5.56 Å². The van der Waals surface area contributed by atoms with Crippen LogP contribution in [-0.2, 0) is 16.1 Å². The fraction of sp³-hybridized carbons (Fsp3) is 0.440. The number of aryl methyl sites for hydroxylation is 3. The average Bonchev–Trinajstić information content (AvgIpc) is 2.73. The summed E-state index contributed by atoms with van der Waals surface area (Å²) in [7, 11) is 0. The molecule has 5 heteroatoms. The monoisotopic (exact) mass is 410 g/mol. The molecule has 2 atom stereocenters. The summed E-state index contributed by atoms with van der Waals surface area (Å²) in [5, 5.41) is 2.97. The lowest BCUT2D eigenvalue weighted by molar-refractivity contribution is -0.142. The molecule has 0 saturated carbocycles. The number of amides is 2. The van der Waals surface area contributed by atoms with Crippen molar-refractivity contribution in [2.24, 2.45) is 0 Å². The Balaban J connectivity index is 2.15. The number of benzene rings is 2. The Morgan fingerprint density at radius 2 is 1.67 bits per heavy atom. The Bertz CT molecular complexity index is 861. The fourth-order valence-corrected chi connectivity index (χ4v) is 2.97. The molecule has 0 aromatic heterocycles. The Morgan fingerprint density at radius 1 is 1.00 bits per heavy atom. The van der Waals surface area contributed by atoms with Gasteiger partial charge < -0.3 is 15.0 Å². The van der Waals surface area contributed by atoms with Crippen LogP contribution in [0.4, 0.5) is 0 Å². The van der Waals surface area contributed by atoms with Gasteiger partial charge in [-0.15, -0.1) is 0 Å². The van der Waals surface area contributed by atoms with Crippen LogP contribution in [0.5, 0.6) is 5.75 Å². The molecule has 2 amide bonds. The Labute approximate surface area is 180 Å². The summed E-state index contributed by atoms with van der Waals surface area (Å²) in [6.07, 6.45) is 0.834. The van der Waals surface area contributed by atoms with Crippen LogP contribution in [0.1, 0.15) is 49.4 Å². The van der Waals surface area contributed by atoms with Crippen molar-refractivity contribution in [1.82, 2.24) is 10.2 Å². The Hall–Kier alpha value is -2.82.